The minimum absolute atomic E-state index is 0.0793. The number of benzene rings is 2. The standard InChI is InChI=1S/C19H21NO2/c1-12(2)18(20)19(21)22-11-17-15-9-5-3-7-13(15)14-8-4-6-10-16(14)17/h3-10,12,17-18H,11,20H2,1-2H3/t18-/m1/s1. The number of nitrogens with two attached hydrogens (primary N) is 1. The summed E-state index contributed by atoms with van der Waals surface area (Å²) in [5, 5.41) is 0. The van der Waals surface area contributed by atoms with Gasteiger partial charge in [0.1, 0.15) is 12.6 Å². The van der Waals surface area contributed by atoms with Crippen LogP contribution in [0.25, 0.3) is 11.1 Å². The van der Waals surface area contributed by atoms with Crippen molar-refractivity contribution >= 4 is 5.97 Å². The molecular weight excluding hydrogens is 274 g/mol. The van der Waals surface area contributed by atoms with Crippen molar-refractivity contribution in [3.63, 3.8) is 0 Å². The van der Waals surface area contributed by atoms with Crippen molar-refractivity contribution in [3.05, 3.63) is 59.7 Å². The first kappa shape index (κ1) is 14.8. The first-order chi connectivity index (χ1) is 10.6. The van der Waals surface area contributed by atoms with Gasteiger partial charge in [-0.25, -0.2) is 0 Å². The average molecular weight is 295 g/mol. The second kappa shape index (κ2) is 5.93. The molecule has 0 aromatic heterocycles. The average Bonchev–Trinajstić information content (AvgIpc) is 2.86. The van der Waals surface area contributed by atoms with Crippen molar-refractivity contribution in [2.45, 2.75) is 25.8 Å². The van der Waals surface area contributed by atoms with Gasteiger partial charge in [-0.05, 0) is 28.2 Å². The highest BCUT2D eigenvalue weighted by Gasteiger charge is 2.29. The van der Waals surface area contributed by atoms with Gasteiger partial charge in [0.05, 0.1) is 0 Å². The minimum Gasteiger partial charge on any atom is -0.464 e. The molecule has 0 heterocycles. The number of ether oxygens (including phenoxy) is 1. The molecule has 0 aliphatic heterocycles. The van der Waals surface area contributed by atoms with Crippen LogP contribution < -0.4 is 5.73 Å². The highest BCUT2D eigenvalue weighted by atomic mass is 16.5. The van der Waals surface area contributed by atoms with Gasteiger partial charge >= 0.3 is 5.97 Å². The molecule has 0 spiro atoms. The van der Waals surface area contributed by atoms with Gasteiger partial charge < -0.3 is 10.5 Å². The zero-order valence-electron chi connectivity index (χ0n) is 13.0. The summed E-state index contributed by atoms with van der Waals surface area (Å²) in [6, 6.07) is 16.0. The van der Waals surface area contributed by atoms with Crippen molar-refractivity contribution in [1.29, 1.82) is 0 Å². The molecule has 1 atom stereocenters. The van der Waals surface area contributed by atoms with Gasteiger partial charge in [-0.2, -0.15) is 0 Å². The fourth-order valence-corrected chi connectivity index (χ4v) is 2.97. The van der Waals surface area contributed by atoms with Gasteiger partial charge in [-0.3, -0.25) is 4.79 Å². The summed E-state index contributed by atoms with van der Waals surface area (Å²) < 4.78 is 5.50. The summed E-state index contributed by atoms with van der Waals surface area (Å²) in [6.45, 7) is 4.19. The Hall–Kier alpha value is -2.13. The quantitative estimate of drug-likeness (QED) is 0.880. The largest absolute Gasteiger partial charge is 0.464 e. The van der Waals surface area contributed by atoms with E-state index < -0.39 is 6.04 Å². The fraction of sp³-hybridized carbons (Fsp3) is 0.316. The number of carbonyl (C=O) groups excluding carboxylic acids is 1. The number of fused-ring (bicyclic) bond motifs is 3. The summed E-state index contributed by atoms with van der Waals surface area (Å²) in [6.07, 6.45) is 0. The molecule has 0 fully saturated rings. The monoisotopic (exact) mass is 295 g/mol. The fourth-order valence-electron chi connectivity index (χ4n) is 2.97. The molecule has 2 aromatic carbocycles. The Bertz CT molecular complexity index is 648. The van der Waals surface area contributed by atoms with Gasteiger partial charge in [-0.1, -0.05) is 62.4 Å². The molecule has 3 rings (SSSR count). The van der Waals surface area contributed by atoms with Crippen LogP contribution in [0.1, 0.15) is 30.9 Å². The van der Waals surface area contributed by atoms with Crippen LogP contribution in [0.5, 0.6) is 0 Å². The predicted octanol–water partition coefficient (Wildman–Crippen LogP) is 3.33. The van der Waals surface area contributed by atoms with Crippen LogP contribution in [-0.2, 0) is 9.53 Å². The Labute approximate surface area is 131 Å². The number of rotatable bonds is 4. The van der Waals surface area contributed by atoms with E-state index in [-0.39, 0.29) is 17.8 Å². The third-order valence-corrected chi connectivity index (χ3v) is 4.35. The van der Waals surface area contributed by atoms with Crippen LogP contribution in [0.3, 0.4) is 0 Å². The Balaban J connectivity index is 1.84. The maximum absolute atomic E-state index is 12.0. The van der Waals surface area contributed by atoms with E-state index in [4.69, 9.17) is 10.5 Å². The smallest absolute Gasteiger partial charge is 0.323 e. The molecule has 3 heteroatoms. The summed E-state index contributed by atoms with van der Waals surface area (Å²) in [7, 11) is 0. The van der Waals surface area contributed by atoms with E-state index >= 15 is 0 Å². The van der Waals surface area contributed by atoms with Gasteiger partial charge in [0.25, 0.3) is 0 Å². The summed E-state index contributed by atoms with van der Waals surface area (Å²) in [4.78, 5) is 12.0. The van der Waals surface area contributed by atoms with E-state index in [9.17, 15) is 4.79 Å². The van der Waals surface area contributed by atoms with Crippen LogP contribution >= 0.6 is 0 Å². The SMILES string of the molecule is CC(C)[C@@H](N)C(=O)OCC1c2ccccc2-c2ccccc21. The van der Waals surface area contributed by atoms with Crippen LogP contribution in [0, 0.1) is 5.92 Å². The molecular formula is C19H21NO2. The third kappa shape index (κ3) is 2.53. The van der Waals surface area contributed by atoms with Crippen molar-refractivity contribution in [1.82, 2.24) is 0 Å². The van der Waals surface area contributed by atoms with Crippen molar-refractivity contribution in [2.24, 2.45) is 11.7 Å². The first-order valence-corrected chi connectivity index (χ1v) is 7.70. The van der Waals surface area contributed by atoms with E-state index in [1.54, 1.807) is 0 Å². The zero-order valence-corrected chi connectivity index (χ0v) is 13.0. The van der Waals surface area contributed by atoms with Gasteiger partial charge in [-0.15, -0.1) is 0 Å². The predicted molar refractivity (Wildman–Crippen MR) is 87.5 cm³/mol. The van der Waals surface area contributed by atoms with E-state index in [0.717, 1.165) is 0 Å². The number of esters is 1. The van der Waals surface area contributed by atoms with Crippen LogP contribution in [0.2, 0.25) is 0 Å². The Morgan fingerprint density at radius 1 is 1.05 bits per heavy atom. The lowest BCUT2D eigenvalue weighted by atomic mass is 9.98. The van der Waals surface area contributed by atoms with Crippen LogP contribution in [-0.4, -0.2) is 18.6 Å². The molecule has 2 N–H and O–H groups in total. The maximum Gasteiger partial charge on any atom is 0.323 e. The number of hydrogen-bond acceptors (Lipinski definition) is 3. The highest BCUT2D eigenvalue weighted by Crippen LogP contribution is 2.44. The first-order valence-electron chi connectivity index (χ1n) is 7.70. The molecule has 0 saturated carbocycles. The summed E-state index contributed by atoms with van der Waals surface area (Å²) in [5.74, 6) is -0.150. The third-order valence-electron chi connectivity index (χ3n) is 4.35. The topological polar surface area (TPSA) is 52.3 Å². The Morgan fingerprint density at radius 2 is 1.55 bits per heavy atom. The van der Waals surface area contributed by atoms with E-state index in [2.05, 4.69) is 24.3 Å². The van der Waals surface area contributed by atoms with E-state index in [0.29, 0.717) is 6.61 Å². The van der Waals surface area contributed by atoms with Crippen molar-refractivity contribution in [3.8, 4) is 11.1 Å². The van der Waals surface area contributed by atoms with Crippen LogP contribution in [0.4, 0.5) is 0 Å². The highest BCUT2D eigenvalue weighted by molar-refractivity contribution is 5.79. The normalized spacial score (nSPS) is 14.5. The molecule has 1 aliphatic rings. The minimum atomic E-state index is -0.563. The molecule has 114 valence electrons. The lowest BCUT2D eigenvalue weighted by Crippen LogP contribution is -2.37. The second-order valence-corrected chi connectivity index (χ2v) is 6.13. The zero-order chi connectivity index (χ0) is 15.7. The Morgan fingerprint density at radius 3 is 2.05 bits per heavy atom. The molecule has 0 radical (unpaired) electrons. The molecule has 22 heavy (non-hydrogen) atoms. The molecule has 1 aliphatic carbocycles. The van der Waals surface area contributed by atoms with Gasteiger partial charge in [0, 0.05) is 5.92 Å². The summed E-state index contributed by atoms with van der Waals surface area (Å²) in [5.41, 5.74) is 10.8. The van der Waals surface area contributed by atoms with Crippen molar-refractivity contribution < 1.29 is 9.53 Å². The molecule has 3 nitrogen and oxygen atoms in total. The molecule has 0 bridgehead atoms. The number of carbonyl (C=O) groups is 1. The Kier molecular flexibility index (Phi) is 3.99. The van der Waals surface area contributed by atoms with E-state index in [1.807, 2.05) is 38.1 Å². The molecule has 0 saturated heterocycles. The molecule has 2 aromatic rings. The van der Waals surface area contributed by atoms with E-state index in [1.165, 1.54) is 22.3 Å². The van der Waals surface area contributed by atoms with Gasteiger partial charge in [0.2, 0.25) is 0 Å². The molecule has 0 amide bonds. The van der Waals surface area contributed by atoms with Crippen molar-refractivity contribution in [2.75, 3.05) is 6.61 Å². The lowest BCUT2D eigenvalue weighted by Gasteiger charge is -2.18. The number of hydrogen-bond donors (Lipinski definition) is 1. The van der Waals surface area contributed by atoms with Crippen LogP contribution in [0.15, 0.2) is 48.5 Å². The lowest BCUT2D eigenvalue weighted by molar-refractivity contribution is -0.146. The summed E-state index contributed by atoms with van der Waals surface area (Å²) >= 11 is 0. The molecule has 0 unspecified atom stereocenters. The maximum atomic E-state index is 12.0. The van der Waals surface area contributed by atoms with Gasteiger partial charge in [0.15, 0.2) is 0 Å². The second-order valence-electron chi connectivity index (χ2n) is 6.13.